The second-order valence-electron chi connectivity index (χ2n) is 16.7. The van der Waals surface area contributed by atoms with Crippen LogP contribution in [0.1, 0.15) is 239 Å². The van der Waals surface area contributed by atoms with Crippen LogP contribution in [0.25, 0.3) is 0 Å². The molecule has 0 N–H and O–H groups in total. The summed E-state index contributed by atoms with van der Waals surface area (Å²) in [4.78, 5) is 37.9. The highest BCUT2D eigenvalue weighted by molar-refractivity contribution is 5.71. The summed E-state index contributed by atoms with van der Waals surface area (Å²) < 4.78 is 16.7. The summed E-state index contributed by atoms with van der Waals surface area (Å²) in [5.41, 5.74) is 0. The summed E-state index contributed by atoms with van der Waals surface area (Å²) in [6, 6.07) is 0. The number of rotatable bonds is 45. The number of hydrogen-bond acceptors (Lipinski definition) is 6. The Bertz CT molecular complexity index is 1160. The predicted molar refractivity (Wildman–Crippen MR) is 261 cm³/mol. The van der Waals surface area contributed by atoms with Gasteiger partial charge in [0.05, 0.1) is 0 Å². The van der Waals surface area contributed by atoms with Crippen LogP contribution in [0.5, 0.6) is 0 Å². The average molecular weight is 851 g/mol. The van der Waals surface area contributed by atoms with Gasteiger partial charge in [-0.1, -0.05) is 184 Å². The van der Waals surface area contributed by atoms with Crippen molar-refractivity contribution in [1.29, 1.82) is 0 Å². The molecule has 0 saturated heterocycles. The molecule has 0 heterocycles. The normalized spacial score (nSPS) is 12.6. The van der Waals surface area contributed by atoms with Crippen molar-refractivity contribution in [2.24, 2.45) is 0 Å². The van der Waals surface area contributed by atoms with Crippen molar-refractivity contribution in [3.8, 4) is 0 Å². The van der Waals surface area contributed by atoms with Crippen molar-refractivity contribution in [1.82, 2.24) is 0 Å². The van der Waals surface area contributed by atoms with Crippen LogP contribution < -0.4 is 0 Å². The van der Waals surface area contributed by atoms with E-state index in [4.69, 9.17) is 14.2 Å². The number of carbonyl (C=O) groups is 3. The lowest BCUT2D eigenvalue weighted by molar-refractivity contribution is -0.167. The standard InChI is InChI=1S/C55H94O6/c1-4-7-10-13-16-19-22-24-25-26-27-28-29-31-34-36-39-42-45-48-54(57)60-51-52(61-55(58)49-46-43-40-37-32-21-18-15-12-9-6-3)50-59-53(56)47-44-41-38-35-33-30-23-20-17-14-11-8-5-2/h15-16,18-20,23-25,27-28,31,34,52H,4-14,17,21-22,26,29-30,32-33,35-51H2,1-3H3/b18-15-,19-16-,23-20-,25-24-,28-27-,34-31-/t52-/m0/s1. The number of unbranched alkanes of at least 4 members (excludes halogenated alkanes) is 22. The minimum absolute atomic E-state index is 0.0938. The lowest BCUT2D eigenvalue weighted by atomic mass is 10.1. The molecule has 0 aromatic rings. The zero-order valence-electron chi connectivity index (χ0n) is 39.9. The molecular weight excluding hydrogens is 757 g/mol. The van der Waals surface area contributed by atoms with Crippen LogP contribution in [0.15, 0.2) is 72.9 Å². The molecule has 350 valence electrons. The summed E-state index contributed by atoms with van der Waals surface area (Å²) in [6.07, 6.45) is 61.7. The van der Waals surface area contributed by atoms with E-state index in [2.05, 4.69) is 93.7 Å². The monoisotopic (exact) mass is 851 g/mol. The first-order valence-electron chi connectivity index (χ1n) is 25.4. The molecule has 0 aromatic carbocycles. The van der Waals surface area contributed by atoms with Crippen LogP contribution >= 0.6 is 0 Å². The van der Waals surface area contributed by atoms with Gasteiger partial charge in [-0.2, -0.15) is 0 Å². The van der Waals surface area contributed by atoms with E-state index in [1.165, 1.54) is 96.3 Å². The van der Waals surface area contributed by atoms with Gasteiger partial charge >= 0.3 is 17.9 Å². The average Bonchev–Trinajstić information content (AvgIpc) is 3.26. The summed E-state index contributed by atoms with van der Waals surface area (Å²) >= 11 is 0. The smallest absolute Gasteiger partial charge is 0.306 e. The Hall–Kier alpha value is -3.15. The molecule has 0 aromatic heterocycles. The molecule has 0 amide bonds. The lowest BCUT2D eigenvalue weighted by Gasteiger charge is -2.18. The molecule has 0 spiro atoms. The molecular formula is C55H94O6. The maximum atomic E-state index is 12.7. The molecule has 0 aliphatic carbocycles. The minimum atomic E-state index is -0.794. The minimum Gasteiger partial charge on any atom is -0.462 e. The third kappa shape index (κ3) is 47.7. The fourth-order valence-electron chi connectivity index (χ4n) is 6.75. The van der Waals surface area contributed by atoms with Gasteiger partial charge in [0.1, 0.15) is 13.2 Å². The Kier molecular flexibility index (Phi) is 46.9. The molecule has 6 heteroatoms. The Morgan fingerprint density at radius 2 is 0.607 bits per heavy atom. The fourth-order valence-corrected chi connectivity index (χ4v) is 6.75. The van der Waals surface area contributed by atoms with E-state index in [1.54, 1.807) is 0 Å². The van der Waals surface area contributed by atoms with Gasteiger partial charge in [-0.15, -0.1) is 0 Å². The molecule has 6 nitrogen and oxygen atoms in total. The number of carbonyl (C=O) groups excluding carboxylic acids is 3. The first kappa shape index (κ1) is 57.9. The summed E-state index contributed by atoms with van der Waals surface area (Å²) in [7, 11) is 0. The van der Waals surface area contributed by atoms with Crippen LogP contribution in [0.3, 0.4) is 0 Å². The summed E-state index contributed by atoms with van der Waals surface area (Å²) in [5, 5.41) is 0. The topological polar surface area (TPSA) is 78.9 Å². The highest BCUT2D eigenvalue weighted by Crippen LogP contribution is 2.13. The SMILES string of the molecule is CCCC/C=C\CCCCCCCC(=O)O[C@H](COC(=O)CCCCC/C=C\C/C=C\C/C=C\C/C=C\CCCCC)COC(=O)CCCCCCC/C=C\CCCCCC. The van der Waals surface area contributed by atoms with E-state index >= 15 is 0 Å². The van der Waals surface area contributed by atoms with Gasteiger partial charge in [-0.05, 0) is 109 Å². The van der Waals surface area contributed by atoms with Crippen molar-refractivity contribution in [3.05, 3.63) is 72.9 Å². The van der Waals surface area contributed by atoms with Crippen LogP contribution in [0.2, 0.25) is 0 Å². The Balaban J connectivity index is 4.42. The van der Waals surface area contributed by atoms with E-state index in [1.807, 2.05) is 0 Å². The molecule has 0 bridgehead atoms. The molecule has 1 atom stereocenters. The van der Waals surface area contributed by atoms with Gasteiger partial charge in [0.25, 0.3) is 0 Å². The molecule has 0 aliphatic heterocycles. The van der Waals surface area contributed by atoms with Gasteiger partial charge in [-0.3, -0.25) is 14.4 Å². The molecule has 0 fully saturated rings. The molecule has 0 aliphatic rings. The number of hydrogen-bond donors (Lipinski definition) is 0. The highest BCUT2D eigenvalue weighted by Gasteiger charge is 2.19. The lowest BCUT2D eigenvalue weighted by Crippen LogP contribution is -2.30. The van der Waals surface area contributed by atoms with Crippen LogP contribution in [0.4, 0.5) is 0 Å². The van der Waals surface area contributed by atoms with Crippen LogP contribution in [-0.4, -0.2) is 37.2 Å². The quantitative estimate of drug-likeness (QED) is 0.0263. The van der Waals surface area contributed by atoms with Gasteiger partial charge < -0.3 is 14.2 Å². The van der Waals surface area contributed by atoms with E-state index in [-0.39, 0.29) is 31.1 Å². The van der Waals surface area contributed by atoms with Crippen molar-refractivity contribution in [3.63, 3.8) is 0 Å². The highest BCUT2D eigenvalue weighted by atomic mass is 16.6. The van der Waals surface area contributed by atoms with E-state index in [0.29, 0.717) is 19.3 Å². The number of esters is 3. The molecule has 0 saturated carbocycles. The van der Waals surface area contributed by atoms with E-state index < -0.39 is 6.10 Å². The second-order valence-corrected chi connectivity index (χ2v) is 16.7. The van der Waals surface area contributed by atoms with E-state index in [9.17, 15) is 14.4 Å². The predicted octanol–water partition coefficient (Wildman–Crippen LogP) is 16.6. The van der Waals surface area contributed by atoms with E-state index in [0.717, 1.165) is 103 Å². The maximum Gasteiger partial charge on any atom is 0.306 e. The third-order valence-electron chi connectivity index (χ3n) is 10.7. The first-order valence-corrected chi connectivity index (χ1v) is 25.4. The zero-order chi connectivity index (χ0) is 44.4. The summed E-state index contributed by atoms with van der Waals surface area (Å²) in [5.74, 6) is -0.945. The third-order valence-corrected chi connectivity index (χ3v) is 10.7. The Labute approximate surface area is 376 Å². The summed E-state index contributed by atoms with van der Waals surface area (Å²) in [6.45, 7) is 6.51. The molecule has 61 heavy (non-hydrogen) atoms. The van der Waals surface area contributed by atoms with Crippen LogP contribution in [0, 0.1) is 0 Å². The van der Waals surface area contributed by atoms with Crippen molar-refractivity contribution in [2.45, 2.75) is 245 Å². The van der Waals surface area contributed by atoms with Crippen molar-refractivity contribution < 1.29 is 28.6 Å². The second kappa shape index (κ2) is 49.5. The number of allylic oxidation sites excluding steroid dienone is 12. The number of ether oxygens (including phenoxy) is 3. The van der Waals surface area contributed by atoms with Gasteiger partial charge in [0.2, 0.25) is 0 Å². The Morgan fingerprint density at radius 3 is 1.03 bits per heavy atom. The first-order chi connectivity index (χ1) is 30.0. The largest absolute Gasteiger partial charge is 0.462 e. The van der Waals surface area contributed by atoms with Crippen LogP contribution in [-0.2, 0) is 28.6 Å². The van der Waals surface area contributed by atoms with Gasteiger partial charge in [0.15, 0.2) is 6.10 Å². The van der Waals surface area contributed by atoms with Gasteiger partial charge in [-0.25, -0.2) is 0 Å². The molecule has 0 radical (unpaired) electrons. The van der Waals surface area contributed by atoms with Crippen molar-refractivity contribution >= 4 is 17.9 Å². The van der Waals surface area contributed by atoms with Gasteiger partial charge in [0, 0.05) is 19.3 Å². The molecule has 0 unspecified atom stereocenters. The fraction of sp³-hybridized carbons (Fsp3) is 0.727. The van der Waals surface area contributed by atoms with Crippen molar-refractivity contribution in [2.75, 3.05) is 13.2 Å². The maximum absolute atomic E-state index is 12.7. The zero-order valence-corrected chi connectivity index (χ0v) is 39.9. The molecule has 0 rings (SSSR count). The Morgan fingerprint density at radius 1 is 0.328 bits per heavy atom.